The molecule has 17 heavy (non-hydrogen) atoms. The Morgan fingerprint density at radius 3 is 2.71 bits per heavy atom. The van der Waals surface area contributed by atoms with E-state index in [1.807, 2.05) is 42.6 Å². The van der Waals surface area contributed by atoms with E-state index in [4.69, 9.17) is 5.73 Å². The third-order valence-electron chi connectivity index (χ3n) is 2.73. The Morgan fingerprint density at radius 1 is 0.941 bits per heavy atom. The summed E-state index contributed by atoms with van der Waals surface area (Å²) >= 11 is 0. The van der Waals surface area contributed by atoms with Crippen LogP contribution >= 0.6 is 0 Å². The van der Waals surface area contributed by atoms with Gasteiger partial charge in [0.25, 0.3) is 0 Å². The lowest BCUT2D eigenvalue weighted by Crippen LogP contribution is -1.92. The van der Waals surface area contributed by atoms with Crippen molar-refractivity contribution in [2.75, 3.05) is 5.73 Å². The van der Waals surface area contributed by atoms with Crippen LogP contribution in [0.4, 0.5) is 5.82 Å². The lowest BCUT2D eigenvalue weighted by Gasteiger charge is -2.05. The Bertz CT molecular complexity index is 672. The van der Waals surface area contributed by atoms with Crippen molar-refractivity contribution in [3.8, 4) is 11.3 Å². The van der Waals surface area contributed by atoms with Crippen molar-refractivity contribution < 1.29 is 0 Å². The molecule has 0 radical (unpaired) electrons. The molecule has 0 aliphatic carbocycles. The molecule has 0 aliphatic heterocycles. The number of nitrogens with two attached hydrogens (primary N) is 1. The number of benzene rings is 1. The van der Waals surface area contributed by atoms with Gasteiger partial charge < -0.3 is 5.73 Å². The van der Waals surface area contributed by atoms with Crippen LogP contribution in [-0.4, -0.2) is 9.97 Å². The van der Waals surface area contributed by atoms with Gasteiger partial charge in [0.15, 0.2) is 0 Å². The smallest absolute Gasteiger partial charge is 0.124 e. The molecule has 2 aromatic heterocycles. The second kappa shape index (κ2) is 3.87. The normalized spacial score (nSPS) is 10.6. The maximum Gasteiger partial charge on any atom is 0.124 e. The zero-order chi connectivity index (χ0) is 11.7. The summed E-state index contributed by atoms with van der Waals surface area (Å²) in [4.78, 5) is 8.47. The number of anilines is 1. The van der Waals surface area contributed by atoms with Crippen LogP contribution in [0.2, 0.25) is 0 Å². The maximum atomic E-state index is 5.72. The van der Waals surface area contributed by atoms with Gasteiger partial charge in [-0.2, -0.15) is 0 Å². The second-order valence-electron chi connectivity index (χ2n) is 3.85. The Hall–Kier alpha value is -2.42. The summed E-state index contributed by atoms with van der Waals surface area (Å²) in [6, 6.07) is 13.8. The molecule has 2 N–H and O–H groups in total. The van der Waals surface area contributed by atoms with E-state index in [1.165, 1.54) is 0 Å². The van der Waals surface area contributed by atoms with Crippen molar-refractivity contribution in [1.82, 2.24) is 9.97 Å². The Labute approximate surface area is 98.9 Å². The standard InChI is InChI=1S/C14H11N3/c15-14-6-2-5-13(17-14)12-4-1-3-10-9-16-8-7-11(10)12/h1-9H,(H2,15,17). The van der Waals surface area contributed by atoms with Crippen LogP contribution < -0.4 is 5.73 Å². The molecule has 0 saturated carbocycles. The molecule has 82 valence electrons. The molecule has 0 atom stereocenters. The Balaban J connectivity index is 2.30. The first-order chi connectivity index (χ1) is 8.34. The summed E-state index contributed by atoms with van der Waals surface area (Å²) in [5, 5.41) is 2.25. The highest BCUT2D eigenvalue weighted by Crippen LogP contribution is 2.26. The van der Waals surface area contributed by atoms with Crippen LogP contribution in [0, 0.1) is 0 Å². The van der Waals surface area contributed by atoms with E-state index in [2.05, 4.69) is 9.97 Å². The van der Waals surface area contributed by atoms with Gasteiger partial charge in [0.1, 0.15) is 5.82 Å². The molecular weight excluding hydrogens is 210 g/mol. The minimum Gasteiger partial charge on any atom is -0.384 e. The van der Waals surface area contributed by atoms with Gasteiger partial charge in [0.05, 0.1) is 5.69 Å². The molecule has 3 rings (SSSR count). The average Bonchev–Trinajstić information content (AvgIpc) is 2.38. The molecule has 3 heteroatoms. The monoisotopic (exact) mass is 221 g/mol. The van der Waals surface area contributed by atoms with E-state index < -0.39 is 0 Å². The van der Waals surface area contributed by atoms with E-state index in [9.17, 15) is 0 Å². The minimum absolute atomic E-state index is 0.536. The number of hydrogen-bond donors (Lipinski definition) is 1. The molecule has 0 spiro atoms. The van der Waals surface area contributed by atoms with Gasteiger partial charge in [0, 0.05) is 23.3 Å². The highest BCUT2D eigenvalue weighted by molar-refractivity contribution is 5.95. The highest BCUT2D eigenvalue weighted by atomic mass is 14.8. The quantitative estimate of drug-likeness (QED) is 0.687. The second-order valence-corrected chi connectivity index (χ2v) is 3.85. The summed E-state index contributed by atoms with van der Waals surface area (Å²) in [6.45, 7) is 0. The number of aromatic nitrogens is 2. The van der Waals surface area contributed by atoms with Gasteiger partial charge in [0.2, 0.25) is 0 Å². The molecule has 3 nitrogen and oxygen atoms in total. The summed E-state index contributed by atoms with van der Waals surface area (Å²) in [7, 11) is 0. The predicted octanol–water partition coefficient (Wildman–Crippen LogP) is 2.88. The van der Waals surface area contributed by atoms with Crippen molar-refractivity contribution in [3.05, 3.63) is 54.9 Å². The summed E-state index contributed by atoms with van der Waals surface area (Å²) in [6.07, 6.45) is 3.64. The lowest BCUT2D eigenvalue weighted by molar-refractivity contribution is 1.33. The Morgan fingerprint density at radius 2 is 1.82 bits per heavy atom. The van der Waals surface area contributed by atoms with Crippen LogP contribution in [0.3, 0.4) is 0 Å². The van der Waals surface area contributed by atoms with Crippen LogP contribution in [-0.2, 0) is 0 Å². The van der Waals surface area contributed by atoms with Gasteiger partial charge in [-0.3, -0.25) is 4.98 Å². The fraction of sp³-hybridized carbons (Fsp3) is 0. The van der Waals surface area contributed by atoms with Crippen molar-refractivity contribution in [2.45, 2.75) is 0 Å². The van der Waals surface area contributed by atoms with Gasteiger partial charge in [-0.15, -0.1) is 0 Å². The average molecular weight is 221 g/mol. The zero-order valence-electron chi connectivity index (χ0n) is 9.17. The molecule has 1 aromatic carbocycles. The van der Waals surface area contributed by atoms with Gasteiger partial charge in [-0.05, 0) is 23.6 Å². The molecular formula is C14H11N3. The molecule has 2 heterocycles. The van der Waals surface area contributed by atoms with Gasteiger partial charge in [-0.1, -0.05) is 24.3 Å². The van der Waals surface area contributed by atoms with E-state index in [0.717, 1.165) is 22.0 Å². The molecule has 0 unspecified atom stereocenters. The van der Waals surface area contributed by atoms with Crippen molar-refractivity contribution >= 4 is 16.6 Å². The van der Waals surface area contributed by atoms with Crippen molar-refractivity contribution in [3.63, 3.8) is 0 Å². The first-order valence-corrected chi connectivity index (χ1v) is 5.40. The third kappa shape index (κ3) is 1.72. The van der Waals surface area contributed by atoms with Crippen LogP contribution in [0.1, 0.15) is 0 Å². The SMILES string of the molecule is Nc1cccc(-c2cccc3cnccc23)n1. The number of pyridine rings is 2. The van der Waals surface area contributed by atoms with Gasteiger partial charge in [-0.25, -0.2) is 4.98 Å². The van der Waals surface area contributed by atoms with Crippen molar-refractivity contribution in [1.29, 1.82) is 0 Å². The fourth-order valence-corrected chi connectivity index (χ4v) is 1.95. The van der Waals surface area contributed by atoms with E-state index in [0.29, 0.717) is 5.82 Å². The van der Waals surface area contributed by atoms with Crippen LogP contribution in [0.5, 0.6) is 0 Å². The number of nitrogens with zero attached hydrogens (tertiary/aromatic N) is 2. The summed E-state index contributed by atoms with van der Waals surface area (Å²) in [5.41, 5.74) is 7.69. The van der Waals surface area contributed by atoms with Crippen LogP contribution in [0.15, 0.2) is 54.9 Å². The largest absolute Gasteiger partial charge is 0.384 e. The first-order valence-electron chi connectivity index (χ1n) is 5.40. The van der Waals surface area contributed by atoms with Crippen molar-refractivity contribution in [2.24, 2.45) is 0 Å². The van der Waals surface area contributed by atoms with Crippen LogP contribution in [0.25, 0.3) is 22.0 Å². The maximum absolute atomic E-state index is 5.72. The summed E-state index contributed by atoms with van der Waals surface area (Å²) in [5.74, 6) is 0.536. The Kier molecular flexibility index (Phi) is 2.22. The number of rotatable bonds is 1. The number of fused-ring (bicyclic) bond motifs is 1. The zero-order valence-corrected chi connectivity index (χ0v) is 9.17. The lowest BCUT2D eigenvalue weighted by atomic mass is 10.0. The molecule has 0 aliphatic rings. The minimum atomic E-state index is 0.536. The molecule has 0 bridgehead atoms. The fourth-order valence-electron chi connectivity index (χ4n) is 1.95. The molecule has 0 saturated heterocycles. The number of nitrogen functional groups attached to an aromatic ring is 1. The number of hydrogen-bond acceptors (Lipinski definition) is 3. The third-order valence-corrected chi connectivity index (χ3v) is 2.73. The topological polar surface area (TPSA) is 51.8 Å². The van der Waals surface area contributed by atoms with E-state index >= 15 is 0 Å². The molecule has 0 amide bonds. The van der Waals surface area contributed by atoms with Gasteiger partial charge >= 0.3 is 0 Å². The molecule has 0 fully saturated rings. The highest BCUT2D eigenvalue weighted by Gasteiger charge is 2.04. The summed E-state index contributed by atoms with van der Waals surface area (Å²) < 4.78 is 0. The predicted molar refractivity (Wildman–Crippen MR) is 69.4 cm³/mol. The molecule has 3 aromatic rings. The first kappa shape index (κ1) is 9.78. The van der Waals surface area contributed by atoms with E-state index in [1.54, 1.807) is 12.3 Å². The van der Waals surface area contributed by atoms with E-state index in [-0.39, 0.29) is 0 Å².